The molecule has 10 rings (SSSR count). The molecule has 0 radical (unpaired) electrons. The van der Waals surface area contributed by atoms with Gasteiger partial charge >= 0.3 is 0 Å². The first kappa shape index (κ1) is 35.1. The molecular weight excluding hydrogens is 739 g/mol. The van der Waals surface area contributed by atoms with E-state index >= 15 is 0 Å². The molecule has 0 saturated heterocycles. The van der Waals surface area contributed by atoms with E-state index in [4.69, 9.17) is 9.97 Å². The normalized spacial score (nSPS) is 10.9. The van der Waals surface area contributed by atoms with E-state index in [1.54, 1.807) is 48.5 Å². The summed E-state index contributed by atoms with van der Waals surface area (Å²) in [5.41, 5.74) is 9.91. The van der Waals surface area contributed by atoms with E-state index in [-0.39, 0.29) is 0 Å². The van der Waals surface area contributed by atoms with Crippen molar-refractivity contribution < 1.29 is 0 Å². The Labute approximate surface area is 343 Å². The second-order valence-corrected chi connectivity index (χ2v) is 14.2. The molecule has 3 heterocycles. The van der Waals surface area contributed by atoms with E-state index < -0.39 is 0 Å². The number of nitrogens with zero attached hydrogens (tertiary/aromatic N) is 9. The largest absolute Gasteiger partial charge is 0.308 e. The molecule has 3 aromatic heterocycles. The van der Waals surface area contributed by atoms with Gasteiger partial charge in [0.25, 0.3) is 0 Å². The van der Waals surface area contributed by atoms with Gasteiger partial charge in [0, 0.05) is 38.2 Å². The van der Waals surface area contributed by atoms with Crippen LogP contribution in [0.2, 0.25) is 0 Å². The monoisotopic (exact) mass is 763 g/mol. The zero-order valence-electron chi connectivity index (χ0n) is 31.5. The number of benzene rings is 7. The number of hydrogen-bond donors (Lipinski definition) is 0. The molecule has 0 aliphatic carbocycles. The lowest BCUT2D eigenvalue weighted by molar-refractivity contribution is 1.11. The zero-order valence-corrected chi connectivity index (χ0v) is 31.5. The first-order valence-corrected chi connectivity index (χ1v) is 18.9. The summed E-state index contributed by atoms with van der Waals surface area (Å²) in [7, 11) is 0. The van der Waals surface area contributed by atoms with Crippen molar-refractivity contribution in [3.05, 3.63) is 179 Å². The maximum Gasteiger partial charge on any atom is 0.160 e. The standard InChI is InChI=1S/C51H25N9/c52-26-31-11-15-45-38(19-31)39-20-32(27-53)12-16-46(39)59(45)49-23-37(44-25-43(35-7-3-1-4-8-35)57-51(58-44)36-9-5-2-6-10-36)24-50(42(49)30-56)60-47-17-13-33(28-54)21-40(47)41-22-34(29-55)14-18-48(41)60/h1-25H. The fraction of sp³-hybridized carbons (Fsp3) is 0. The summed E-state index contributed by atoms with van der Waals surface area (Å²) in [6.07, 6.45) is 0. The second-order valence-electron chi connectivity index (χ2n) is 14.2. The van der Waals surface area contributed by atoms with Crippen LogP contribution >= 0.6 is 0 Å². The molecule has 0 spiro atoms. The van der Waals surface area contributed by atoms with E-state index in [0.717, 1.165) is 54.7 Å². The van der Waals surface area contributed by atoms with Crippen LogP contribution in [0.25, 0.3) is 88.9 Å². The van der Waals surface area contributed by atoms with Crippen LogP contribution < -0.4 is 0 Å². The van der Waals surface area contributed by atoms with Crippen molar-refractivity contribution in [3.8, 4) is 75.6 Å². The van der Waals surface area contributed by atoms with Gasteiger partial charge in [-0.2, -0.15) is 26.3 Å². The van der Waals surface area contributed by atoms with Crippen LogP contribution in [0.3, 0.4) is 0 Å². The Morgan fingerprint density at radius 3 is 1.08 bits per heavy atom. The molecule has 10 aromatic rings. The lowest BCUT2D eigenvalue weighted by atomic mass is 10.0. The molecule has 0 amide bonds. The molecular formula is C51H25N9. The van der Waals surface area contributed by atoms with Crippen molar-refractivity contribution >= 4 is 43.6 Å². The molecule has 0 bridgehead atoms. The number of hydrogen-bond acceptors (Lipinski definition) is 7. The third-order valence-electron chi connectivity index (χ3n) is 10.9. The molecule has 0 unspecified atom stereocenters. The van der Waals surface area contributed by atoms with E-state index in [1.165, 1.54) is 0 Å². The van der Waals surface area contributed by atoms with Gasteiger partial charge in [0.2, 0.25) is 0 Å². The van der Waals surface area contributed by atoms with E-state index in [1.807, 2.05) is 112 Å². The van der Waals surface area contributed by atoms with Crippen LogP contribution in [-0.2, 0) is 0 Å². The molecule has 0 N–H and O–H groups in total. The van der Waals surface area contributed by atoms with Crippen LogP contribution in [-0.4, -0.2) is 19.1 Å². The van der Waals surface area contributed by atoms with Crippen LogP contribution in [0.5, 0.6) is 0 Å². The first-order chi connectivity index (χ1) is 29.5. The number of nitriles is 5. The van der Waals surface area contributed by atoms with Crippen molar-refractivity contribution in [2.75, 3.05) is 0 Å². The van der Waals surface area contributed by atoms with E-state index in [9.17, 15) is 26.3 Å². The lowest BCUT2D eigenvalue weighted by Crippen LogP contribution is -2.06. The Hall–Kier alpha value is -9.33. The van der Waals surface area contributed by atoms with Gasteiger partial charge in [0.15, 0.2) is 5.82 Å². The Morgan fingerprint density at radius 1 is 0.350 bits per heavy atom. The van der Waals surface area contributed by atoms with Gasteiger partial charge in [-0.3, -0.25) is 0 Å². The molecule has 0 aliphatic rings. The minimum atomic E-state index is 0.333. The van der Waals surface area contributed by atoms with Gasteiger partial charge < -0.3 is 9.13 Å². The summed E-state index contributed by atoms with van der Waals surface area (Å²) in [5, 5.41) is 54.1. The maximum atomic E-state index is 11.4. The zero-order chi connectivity index (χ0) is 40.9. The SMILES string of the molecule is N#Cc1ccc2c(c1)c1cc(C#N)ccc1n2-c1cc(-c2cc(-c3ccccc3)nc(-c3ccccc3)n2)cc(-n2c3ccc(C#N)cc3c3cc(C#N)ccc32)c1C#N. The quantitative estimate of drug-likeness (QED) is 0.169. The highest BCUT2D eigenvalue weighted by Gasteiger charge is 2.24. The molecule has 0 atom stereocenters. The summed E-state index contributed by atoms with van der Waals surface area (Å²) in [6.45, 7) is 0. The minimum absolute atomic E-state index is 0.333. The minimum Gasteiger partial charge on any atom is -0.308 e. The summed E-state index contributed by atoms with van der Waals surface area (Å²) in [6, 6.07) is 58.7. The summed E-state index contributed by atoms with van der Waals surface area (Å²) < 4.78 is 4.01. The molecule has 0 saturated carbocycles. The van der Waals surface area contributed by atoms with Gasteiger partial charge in [-0.1, -0.05) is 60.7 Å². The average Bonchev–Trinajstić information content (AvgIpc) is 3.82. The Kier molecular flexibility index (Phi) is 8.19. The number of fused-ring (bicyclic) bond motifs is 6. The van der Waals surface area contributed by atoms with Crippen LogP contribution in [0.4, 0.5) is 0 Å². The average molecular weight is 764 g/mol. The predicted molar refractivity (Wildman–Crippen MR) is 231 cm³/mol. The van der Waals surface area contributed by atoms with Gasteiger partial charge in [-0.25, -0.2) is 9.97 Å². The van der Waals surface area contributed by atoms with Crippen molar-refractivity contribution in [1.29, 1.82) is 26.3 Å². The van der Waals surface area contributed by atoms with Crippen LogP contribution in [0.15, 0.2) is 152 Å². The Bertz CT molecular complexity index is 3280. The van der Waals surface area contributed by atoms with E-state index in [0.29, 0.717) is 62.0 Å². The molecule has 60 heavy (non-hydrogen) atoms. The smallest absolute Gasteiger partial charge is 0.160 e. The molecule has 9 nitrogen and oxygen atoms in total. The molecule has 9 heteroatoms. The highest BCUT2D eigenvalue weighted by molar-refractivity contribution is 6.12. The first-order valence-electron chi connectivity index (χ1n) is 18.9. The molecule has 7 aromatic carbocycles. The fourth-order valence-electron chi connectivity index (χ4n) is 8.14. The second kappa shape index (κ2) is 14.0. The van der Waals surface area contributed by atoms with Crippen molar-refractivity contribution in [1.82, 2.24) is 19.1 Å². The molecule has 0 aliphatic heterocycles. The van der Waals surface area contributed by atoms with Gasteiger partial charge in [-0.05, 0) is 91.0 Å². The van der Waals surface area contributed by atoms with Crippen LogP contribution in [0.1, 0.15) is 27.8 Å². The number of rotatable bonds is 5. The van der Waals surface area contributed by atoms with Gasteiger partial charge in [0.1, 0.15) is 11.6 Å². The fourth-order valence-corrected chi connectivity index (χ4v) is 8.14. The van der Waals surface area contributed by atoms with Gasteiger partial charge in [0.05, 0.1) is 91.4 Å². The molecule has 0 fully saturated rings. The Balaban J connectivity index is 1.37. The topological polar surface area (TPSA) is 155 Å². The third kappa shape index (κ3) is 5.59. The summed E-state index contributed by atoms with van der Waals surface area (Å²) >= 11 is 0. The lowest BCUT2D eigenvalue weighted by Gasteiger charge is -2.19. The highest BCUT2D eigenvalue weighted by atomic mass is 15.0. The maximum absolute atomic E-state index is 11.4. The van der Waals surface area contributed by atoms with Crippen molar-refractivity contribution in [3.63, 3.8) is 0 Å². The van der Waals surface area contributed by atoms with Gasteiger partial charge in [-0.15, -0.1) is 0 Å². The summed E-state index contributed by atoms with van der Waals surface area (Å²) in [4.78, 5) is 10.2. The van der Waals surface area contributed by atoms with Crippen molar-refractivity contribution in [2.24, 2.45) is 0 Å². The van der Waals surface area contributed by atoms with Crippen LogP contribution in [0, 0.1) is 56.7 Å². The highest BCUT2D eigenvalue weighted by Crippen LogP contribution is 2.41. The Morgan fingerprint density at radius 2 is 0.717 bits per heavy atom. The number of aromatic nitrogens is 4. The predicted octanol–water partition coefficient (Wildman–Crippen LogP) is 11.0. The van der Waals surface area contributed by atoms with E-state index in [2.05, 4.69) is 30.3 Å². The molecule has 274 valence electrons. The van der Waals surface area contributed by atoms with Crippen molar-refractivity contribution in [2.45, 2.75) is 0 Å². The summed E-state index contributed by atoms with van der Waals surface area (Å²) in [5.74, 6) is 0.522. The third-order valence-corrected chi connectivity index (χ3v) is 10.9.